The second-order valence-electron chi connectivity index (χ2n) is 16.6. The van der Waals surface area contributed by atoms with Gasteiger partial charge in [-0.25, -0.2) is 23.5 Å². The predicted molar refractivity (Wildman–Crippen MR) is 195 cm³/mol. The summed E-state index contributed by atoms with van der Waals surface area (Å²) < 4.78 is 104. The molecule has 2 aromatic heterocycles. The van der Waals surface area contributed by atoms with E-state index in [1.165, 1.54) is 11.9 Å². The third kappa shape index (κ3) is 6.52. The Bertz CT molecular complexity index is 2150. The van der Waals surface area contributed by atoms with Crippen LogP contribution in [0.25, 0.3) is 22.0 Å². The first-order valence-corrected chi connectivity index (χ1v) is 19.1. The molecule has 1 saturated carbocycles. The van der Waals surface area contributed by atoms with Gasteiger partial charge in [-0.1, -0.05) is 0 Å². The number of amides is 2. The van der Waals surface area contributed by atoms with Crippen LogP contribution >= 0.6 is 0 Å². The molecule has 8 rings (SSSR count). The van der Waals surface area contributed by atoms with Gasteiger partial charge in [0.15, 0.2) is 23.7 Å². The van der Waals surface area contributed by atoms with Crippen LogP contribution in [-0.4, -0.2) is 89.0 Å². The Kier molecular flexibility index (Phi) is 9.22. The Balaban J connectivity index is 1.39. The van der Waals surface area contributed by atoms with Crippen LogP contribution in [0.1, 0.15) is 83.9 Å². The number of alkyl halides is 3. The molecule has 4 aliphatic heterocycles. The smallest absolute Gasteiger partial charge is 0.472 e. The van der Waals surface area contributed by atoms with E-state index in [1.807, 2.05) is 4.90 Å². The lowest BCUT2D eigenvalue weighted by Crippen LogP contribution is -2.73. The van der Waals surface area contributed by atoms with Crippen LogP contribution in [0.4, 0.5) is 38.3 Å². The average Bonchev–Trinajstić information content (AvgIpc) is 3.85. The number of carbonyl (C=O) groups is 2. The number of nitrogens with zero attached hydrogens (tertiary/aromatic N) is 4. The molecular formula is C39H45F5N6O7. The highest BCUT2D eigenvalue weighted by Gasteiger charge is 2.64. The second-order valence-corrected chi connectivity index (χ2v) is 16.6. The van der Waals surface area contributed by atoms with Crippen molar-refractivity contribution in [2.75, 3.05) is 30.8 Å². The molecule has 5 atom stereocenters. The summed E-state index contributed by atoms with van der Waals surface area (Å²) in [5, 5.41) is 2.68. The Morgan fingerprint density at radius 3 is 2.42 bits per heavy atom. The fourth-order valence-corrected chi connectivity index (χ4v) is 9.27. The number of aromatic nitrogens is 2. The standard InChI is InChI=1S/C39H45F5N6O7/c1-18-27(38(12-13-38)55-24-9-7-8-14-53-24)25-26-32(47-18)49-17-37(34(51)46-6)11-10-23(50(37)35(52)57-36(3,4)5)30(49)19(2)54-33(26)48-29(28(25)41)21-15-20(45)16-22(40)31(21)56-39(42,43)44/h15-16,19,23-24,30H,7-14,17,45H2,1-6H3,(H,46,51)/t19?,23-,24?,30+,37+/m0/s1. The van der Waals surface area contributed by atoms with E-state index < -0.39 is 88.2 Å². The molecule has 2 amide bonds. The van der Waals surface area contributed by atoms with Gasteiger partial charge in [-0.3, -0.25) is 9.69 Å². The summed E-state index contributed by atoms with van der Waals surface area (Å²) in [6, 6.07) is 0.219. The number of anilines is 2. The monoisotopic (exact) mass is 804 g/mol. The topological polar surface area (TPSA) is 151 Å². The Labute approximate surface area is 325 Å². The maximum Gasteiger partial charge on any atom is 0.573 e. The summed E-state index contributed by atoms with van der Waals surface area (Å²) in [5.41, 5.74) is 1.44. The molecule has 2 unspecified atom stereocenters. The van der Waals surface area contributed by atoms with Gasteiger partial charge in [0.1, 0.15) is 28.8 Å². The molecule has 6 heterocycles. The van der Waals surface area contributed by atoms with Crippen LogP contribution in [0.15, 0.2) is 12.1 Å². The number of aryl methyl sites for hydroxylation is 1. The first-order chi connectivity index (χ1) is 26.8. The number of fused-ring (bicyclic) bond motifs is 5. The quantitative estimate of drug-likeness (QED) is 0.201. The van der Waals surface area contributed by atoms with Crippen LogP contribution in [0.5, 0.6) is 11.6 Å². The predicted octanol–water partition coefficient (Wildman–Crippen LogP) is 6.75. The van der Waals surface area contributed by atoms with Crippen molar-refractivity contribution in [3.05, 3.63) is 35.0 Å². The average molecular weight is 805 g/mol. The molecule has 1 aliphatic carbocycles. The van der Waals surface area contributed by atoms with Crippen LogP contribution in [-0.2, 0) is 24.6 Å². The van der Waals surface area contributed by atoms with Crippen molar-refractivity contribution in [1.82, 2.24) is 20.2 Å². The molecular weight excluding hydrogens is 759 g/mol. The number of halogens is 5. The summed E-state index contributed by atoms with van der Waals surface area (Å²) in [6.07, 6.45) is -3.67. The lowest BCUT2D eigenvalue weighted by Gasteiger charge is -2.52. The van der Waals surface area contributed by atoms with E-state index in [9.17, 15) is 22.8 Å². The highest BCUT2D eigenvalue weighted by molar-refractivity contribution is 6.03. The highest BCUT2D eigenvalue weighted by Crippen LogP contribution is 2.58. The van der Waals surface area contributed by atoms with E-state index in [4.69, 9.17) is 29.7 Å². The fourth-order valence-electron chi connectivity index (χ4n) is 9.27. The van der Waals surface area contributed by atoms with E-state index in [0.717, 1.165) is 18.9 Å². The maximum atomic E-state index is 17.8. The zero-order valence-electron chi connectivity index (χ0n) is 32.4. The second kappa shape index (κ2) is 13.4. The highest BCUT2D eigenvalue weighted by atomic mass is 19.4. The van der Waals surface area contributed by atoms with E-state index >= 15 is 8.78 Å². The third-order valence-corrected chi connectivity index (χ3v) is 11.5. The first kappa shape index (κ1) is 39.1. The Morgan fingerprint density at radius 2 is 1.79 bits per heavy atom. The number of hydrogen-bond acceptors (Lipinski definition) is 11. The minimum absolute atomic E-state index is 0.0745. The van der Waals surface area contributed by atoms with E-state index in [1.54, 1.807) is 34.6 Å². The lowest BCUT2D eigenvalue weighted by atomic mass is 9.90. The third-order valence-electron chi connectivity index (χ3n) is 11.5. The first-order valence-electron chi connectivity index (χ1n) is 19.1. The molecule has 3 N–H and O–H groups in total. The van der Waals surface area contributed by atoms with Gasteiger partial charge < -0.3 is 39.6 Å². The van der Waals surface area contributed by atoms with Gasteiger partial charge in [0, 0.05) is 42.1 Å². The molecule has 0 radical (unpaired) electrons. The minimum Gasteiger partial charge on any atom is -0.472 e. The zero-order chi connectivity index (χ0) is 41.0. The molecule has 0 spiro atoms. The number of benzene rings is 1. The van der Waals surface area contributed by atoms with E-state index in [2.05, 4.69) is 15.0 Å². The molecule has 5 aliphatic rings. The van der Waals surface area contributed by atoms with Crippen LogP contribution in [0, 0.1) is 18.6 Å². The van der Waals surface area contributed by atoms with Crippen molar-refractivity contribution in [2.45, 2.75) is 127 Å². The number of pyridine rings is 2. The number of carbonyl (C=O) groups excluding carboxylic acids is 2. The largest absolute Gasteiger partial charge is 0.573 e. The van der Waals surface area contributed by atoms with Crippen LogP contribution < -0.4 is 25.4 Å². The fraction of sp³-hybridized carbons (Fsp3) is 0.590. The normalized spacial score (nSPS) is 26.4. The molecule has 3 aromatic rings. The van der Waals surface area contributed by atoms with E-state index in [-0.39, 0.29) is 41.1 Å². The molecule has 3 saturated heterocycles. The molecule has 308 valence electrons. The van der Waals surface area contributed by atoms with Crippen molar-refractivity contribution in [1.29, 1.82) is 0 Å². The molecule has 1 aromatic carbocycles. The molecule has 18 heteroatoms. The number of nitrogens with one attached hydrogen (secondary N) is 1. The van der Waals surface area contributed by atoms with Crippen molar-refractivity contribution in [3.63, 3.8) is 0 Å². The van der Waals surface area contributed by atoms with Gasteiger partial charge in [0.25, 0.3) is 0 Å². The number of nitrogen functional groups attached to an aromatic ring is 1. The maximum absolute atomic E-state index is 17.8. The van der Waals surface area contributed by atoms with Gasteiger partial charge >= 0.3 is 12.5 Å². The number of ether oxygens (including phenoxy) is 5. The van der Waals surface area contributed by atoms with Gasteiger partial charge in [-0.2, -0.15) is 0 Å². The number of nitrogens with two attached hydrogens (primary N) is 1. The summed E-state index contributed by atoms with van der Waals surface area (Å²) in [7, 11) is 1.48. The van der Waals surface area contributed by atoms with Crippen molar-refractivity contribution >= 4 is 34.3 Å². The minimum atomic E-state index is -5.36. The SMILES string of the molecule is CNC(=O)[C@@]12CC[C@@H]([C@H]3C(C)Oc4nc(-c5cc(N)cc(F)c5OC(F)(F)F)c(F)c5c(C6(OC7CCCCO7)CC6)c(C)nc(c45)N3C1)N2C(=O)OC(C)(C)C. The van der Waals surface area contributed by atoms with Crippen LogP contribution in [0.3, 0.4) is 0 Å². The summed E-state index contributed by atoms with van der Waals surface area (Å²) in [6.45, 7) is 8.95. The van der Waals surface area contributed by atoms with Gasteiger partial charge in [0.05, 0.1) is 35.2 Å². The van der Waals surface area contributed by atoms with Gasteiger partial charge in [0.2, 0.25) is 11.8 Å². The zero-order valence-corrected chi connectivity index (χ0v) is 32.4. The van der Waals surface area contributed by atoms with Crippen LogP contribution in [0.2, 0.25) is 0 Å². The number of likely N-dealkylation sites (N-methyl/N-ethyl adjacent to an activating group) is 1. The Morgan fingerprint density at radius 1 is 1.05 bits per heavy atom. The van der Waals surface area contributed by atoms with Crippen molar-refractivity contribution in [2.24, 2.45) is 0 Å². The van der Waals surface area contributed by atoms with Crippen molar-refractivity contribution < 1.29 is 55.2 Å². The molecule has 2 bridgehead atoms. The van der Waals surface area contributed by atoms with Gasteiger partial charge in [-0.15, -0.1) is 13.2 Å². The summed E-state index contributed by atoms with van der Waals surface area (Å²) >= 11 is 0. The number of rotatable bonds is 6. The Hall–Kier alpha value is -4.71. The molecule has 4 fully saturated rings. The number of piperazine rings is 1. The van der Waals surface area contributed by atoms with E-state index in [0.29, 0.717) is 49.6 Å². The van der Waals surface area contributed by atoms with Gasteiger partial charge in [-0.05, 0) is 85.6 Å². The van der Waals surface area contributed by atoms with Crippen molar-refractivity contribution in [3.8, 4) is 22.9 Å². The number of hydrogen-bond donors (Lipinski definition) is 2. The summed E-state index contributed by atoms with van der Waals surface area (Å²) in [5.74, 6) is -4.39. The lowest BCUT2D eigenvalue weighted by molar-refractivity contribution is -0.275. The molecule has 13 nitrogen and oxygen atoms in total. The molecule has 57 heavy (non-hydrogen) atoms. The summed E-state index contributed by atoms with van der Waals surface area (Å²) in [4.78, 5) is 40.9.